The second-order valence-electron chi connectivity index (χ2n) is 3.97. The van der Waals surface area contributed by atoms with Crippen molar-refractivity contribution < 1.29 is 4.79 Å². The Labute approximate surface area is 99.3 Å². The fourth-order valence-corrected chi connectivity index (χ4v) is 1.79. The van der Waals surface area contributed by atoms with Gasteiger partial charge in [0, 0.05) is 23.5 Å². The van der Waals surface area contributed by atoms with Crippen molar-refractivity contribution in [3.05, 3.63) is 64.1 Å². The molecule has 3 heteroatoms. The predicted molar refractivity (Wildman–Crippen MR) is 66.8 cm³/mol. The molecular weight excluding hydrogens is 214 g/mol. The Morgan fingerprint density at radius 1 is 1.18 bits per heavy atom. The number of aromatic nitrogens is 1. The number of carbonyl (C=O) groups is 1. The maximum Gasteiger partial charge on any atom is 0.255 e. The number of pyridine rings is 1. The van der Waals surface area contributed by atoms with Crippen LogP contribution in [0.3, 0.4) is 0 Å². The molecule has 0 amide bonds. The number of benzene rings is 1. The summed E-state index contributed by atoms with van der Waals surface area (Å²) in [6.45, 7) is 3.27. The van der Waals surface area contributed by atoms with Crippen LogP contribution in [0.5, 0.6) is 0 Å². The lowest BCUT2D eigenvalue weighted by Crippen LogP contribution is -2.19. The van der Waals surface area contributed by atoms with Gasteiger partial charge in [-0.05, 0) is 31.5 Å². The first-order valence-corrected chi connectivity index (χ1v) is 5.39. The SMILES string of the molecule is CC(=O)c1cn(-c2ccccc2)c(=O)cc1C. The molecule has 2 rings (SSSR count). The molecule has 17 heavy (non-hydrogen) atoms. The first-order valence-electron chi connectivity index (χ1n) is 5.39. The first kappa shape index (κ1) is 11.3. The highest BCUT2D eigenvalue weighted by atomic mass is 16.1. The number of rotatable bonds is 2. The van der Waals surface area contributed by atoms with Crippen LogP contribution in [0.25, 0.3) is 5.69 Å². The Kier molecular flexibility index (Phi) is 2.91. The van der Waals surface area contributed by atoms with Crippen molar-refractivity contribution in [2.45, 2.75) is 13.8 Å². The zero-order valence-electron chi connectivity index (χ0n) is 9.81. The van der Waals surface area contributed by atoms with Crippen molar-refractivity contribution >= 4 is 5.78 Å². The van der Waals surface area contributed by atoms with E-state index < -0.39 is 0 Å². The van der Waals surface area contributed by atoms with Crippen LogP contribution in [0.4, 0.5) is 0 Å². The van der Waals surface area contributed by atoms with Crippen molar-refractivity contribution in [2.24, 2.45) is 0 Å². The summed E-state index contributed by atoms with van der Waals surface area (Å²) in [4.78, 5) is 23.3. The molecule has 0 fully saturated rings. The Bertz CT molecular complexity index is 612. The molecule has 0 aliphatic rings. The van der Waals surface area contributed by atoms with Gasteiger partial charge in [0.25, 0.3) is 5.56 Å². The van der Waals surface area contributed by atoms with E-state index >= 15 is 0 Å². The number of nitrogens with zero attached hydrogens (tertiary/aromatic N) is 1. The van der Waals surface area contributed by atoms with E-state index in [0.29, 0.717) is 5.56 Å². The van der Waals surface area contributed by atoms with Crippen LogP contribution in [0.15, 0.2) is 47.4 Å². The van der Waals surface area contributed by atoms with Crippen LogP contribution in [-0.4, -0.2) is 10.4 Å². The molecule has 0 atom stereocenters. The summed E-state index contributed by atoms with van der Waals surface area (Å²) in [6, 6.07) is 10.8. The lowest BCUT2D eigenvalue weighted by Gasteiger charge is -2.08. The zero-order valence-corrected chi connectivity index (χ0v) is 9.81. The van der Waals surface area contributed by atoms with E-state index in [1.807, 2.05) is 30.3 Å². The number of hydrogen-bond donors (Lipinski definition) is 0. The fraction of sp³-hybridized carbons (Fsp3) is 0.143. The molecule has 1 heterocycles. The second-order valence-corrected chi connectivity index (χ2v) is 3.97. The predicted octanol–water partition coefficient (Wildman–Crippen LogP) is 2.35. The average Bonchev–Trinajstić information content (AvgIpc) is 2.29. The summed E-state index contributed by atoms with van der Waals surface area (Å²) in [5.74, 6) is -0.0350. The molecule has 0 unspecified atom stereocenters. The van der Waals surface area contributed by atoms with Crippen LogP contribution >= 0.6 is 0 Å². The number of carbonyl (C=O) groups excluding carboxylic acids is 1. The van der Waals surface area contributed by atoms with Gasteiger partial charge in [-0.1, -0.05) is 18.2 Å². The third-order valence-electron chi connectivity index (χ3n) is 2.67. The van der Waals surface area contributed by atoms with Crippen molar-refractivity contribution in [1.82, 2.24) is 4.57 Å². The summed E-state index contributed by atoms with van der Waals surface area (Å²) in [7, 11) is 0. The van der Waals surface area contributed by atoms with Crippen molar-refractivity contribution in [3.63, 3.8) is 0 Å². The molecule has 0 saturated heterocycles. The number of hydrogen-bond acceptors (Lipinski definition) is 2. The van der Waals surface area contributed by atoms with Gasteiger partial charge < -0.3 is 0 Å². The Morgan fingerprint density at radius 3 is 2.41 bits per heavy atom. The molecule has 2 aromatic rings. The van der Waals surface area contributed by atoms with Gasteiger partial charge in [-0.25, -0.2) is 0 Å². The van der Waals surface area contributed by atoms with Crippen LogP contribution < -0.4 is 5.56 Å². The van der Waals surface area contributed by atoms with E-state index in [9.17, 15) is 9.59 Å². The molecule has 1 aromatic heterocycles. The topological polar surface area (TPSA) is 39.1 Å². The molecule has 3 nitrogen and oxygen atoms in total. The molecule has 0 N–H and O–H groups in total. The van der Waals surface area contributed by atoms with Crippen molar-refractivity contribution in [3.8, 4) is 5.69 Å². The maximum atomic E-state index is 11.9. The van der Waals surface area contributed by atoms with Gasteiger partial charge in [-0.2, -0.15) is 0 Å². The first-order chi connectivity index (χ1) is 8.09. The molecule has 86 valence electrons. The lowest BCUT2D eigenvalue weighted by molar-refractivity contribution is 0.101. The Hall–Kier alpha value is -2.16. The van der Waals surface area contributed by atoms with Gasteiger partial charge in [0.1, 0.15) is 0 Å². The van der Waals surface area contributed by atoms with Crippen molar-refractivity contribution in [2.75, 3.05) is 0 Å². The van der Waals surface area contributed by atoms with Crippen LogP contribution in [0.2, 0.25) is 0 Å². The largest absolute Gasteiger partial charge is 0.294 e. The van der Waals surface area contributed by atoms with Gasteiger partial charge in [0.2, 0.25) is 0 Å². The molecule has 0 spiro atoms. The fourth-order valence-electron chi connectivity index (χ4n) is 1.79. The number of ketones is 1. The highest BCUT2D eigenvalue weighted by Gasteiger charge is 2.08. The smallest absolute Gasteiger partial charge is 0.255 e. The molecule has 0 aliphatic carbocycles. The number of para-hydroxylation sites is 1. The minimum absolute atomic E-state index is 0.0350. The average molecular weight is 227 g/mol. The van der Waals surface area contributed by atoms with Crippen LogP contribution in [0, 0.1) is 6.92 Å². The highest BCUT2D eigenvalue weighted by molar-refractivity contribution is 5.95. The Morgan fingerprint density at radius 2 is 1.82 bits per heavy atom. The Balaban J connectivity index is 2.67. The number of Topliss-reactive ketones (excluding diaryl/α,β-unsaturated/α-hetero) is 1. The monoisotopic (exact) mass is 227 g/mol. The van der Waals surface area contributed by atoms with E-state index in [0.717, 1.165) is 11.3 Å². The molecule has 0 radical (unpaired) electrons. The summed E-state index contributed by atoms with van der Waals surface area (Å²) in [5.41, 5.74) is 1.93. The molecule has 0 saturated carbocycles. The third kappa shape index (κ3) is 2.18. The summed E-state index contributed by atoms with van der Waals surface area (Å²) in [6.07, 6.45) is 1.61. The van der Waals surface area contributed by atoms with Crippen LogP contribution in [0.1, 0.15) is 22.8 Å². The normalized spacial score (nSPS) is 10.2. The van der Waals surface area contributed by atoms with Gasteiger partial charge in [0.15, 0.2) is 5.78 Å². The molecule has 0 aliphatic heterocycles. The summed E-state index contributed by atoms with van der Waals surface area (Å²) >= 11 is 0. The zero-order chi connectivity index (χ0) is 12.4. The van der Waals surface area contributed by atoms with E-state index in [-0.39, 0.29) is 11.3 Å². The second kappa shape index (κ2) is 4.37. The van der Waals surface area contributed by atoms with E-state index in [1.54, 1.807) is 13.1 Å². The standard InChI is InChI=1S/C14H13NO2/c1-10-8-14(17)15(9-13(10)11(2)16)12-6-4-3-5-7-12/h3-9H,1-2H3. The highest BCUT2D eigenvalue weighted by Crippen LogP contribution is 2.09. The van der Waals surface area contributed by atoms with E-state index in [1.165, 1.54) is 17.6 Å². The van der Waals surface area contributed by atoms with Crippen molar-refractivity contribution in [1.29, 1.82) is 0 Å². The molecular formula is C14H13NO2. The molecule has 1 aromatic carbocycles. The lowest BCUT2D eigenvalue weighted by atomic mass is 10.1. The van der Waals surface area contributed by atoms with Gasteiger partial charge >= 0.3 is 0 Å². The van der Waals surface area contributed by atoms with E-state index in [4.69, 9.17) is 0 Å². The van der Waals surface area contributed by atoms with Gasteiger partial charge in [-0.3, -0.25) is 14.2 Å². The summed E-state index contributed by atoms with van der Waals surface area (Å²) < 4.78 is 1.49. The molecule has 0 bridgehead atoms. The quantitative estimate of drug-likeness (QED) is 0.739. The number of aryl methyl sites for hydroxylation is 1. The van der Waals surface area contributed by atoms with Gasteiger partial charge in [-0.15, -0.1) is 0 Å². The minimum Gasteiger partial charge on any atom is -0.294 e. The third-order valence-corrected chi connectivity index (χ3v) is 2.67. The van der Waals surface area contributed by atoms with Crippen LogP contribution in [-0.2, 0) is 0 Å². The summed E-state index contributed by atoms with van der Waals surface area (Å²) in [5, 5.41) is 0. The minimum atomic E-state index is -0.126. The van der Waals surface area contributed by atoms with Gasteiger partial charge in [0.05, 0.1) is 0 Å². The van der Waals surface area contributed by atoms with E-state index in [2.05, 4.69) is 0 Å². The maximum absolute atomic E-state index is 11.9.